The van der Waals surface area contributed by atoms with Crippen LogP contribution in [-0.2, 0) is 6.54 Å². The van der Waals surface area contributed by atoms with Gasteiger partial charge in [-0.3, -0.25) is 4.90 Å². The standard InChI is InChI=1S/C29H23NO3/c31-29-24-14-8-7-13-22(24)23-15-16-27-26(28(23)33-29)18-30(19-32-27)17-25(20-9-3-1-4-10-20)21-11-5-2-6-12-21/h1-16,25H,17-19H2. The van der Waals surface area contributed by atoms with Crippen molar-refractivity contribution in [3.05, 3.63) is 124 Å². The van der Waals surface area contributed by atoms with Crippen molar-refractivity contribution in [2.75, 3.05) is 13.3 Å². The molecular formula is C29H23NO3. The molecule has 4 heteroatoms. The number of ether oxygens (including phenoxy) is 1. The fourth-order valence-corrected chi connectivity index (χ4v) is 4.85. The lowest BCUT2D eigenvalue weighted by Gasteiger charge is -2.32. The molecule has 1 aliphatic rings. The highest BCUT2D eigenvalue weighted by molar-refractivity contribution is 6.05. The van der Waals surface area contributed by atoms with E-state index in [1.807, 2.05) is 48.5 Å². The van der Waals surface area contributed by atoms with E-state index >= 15 is 0 Å². The van der Waals surface area contributed by atoms with Crippen LogP contribution in [-0.4, -0.2) is 18.2 Å². The van der Waals surface area contributed by atoms with Gasteiger partial charge in [-0.05, 0) is 34.7 Å². The van der Waals surface area contributed by atoms with Gasteiger partial charge in [0, 0.05) is 24.4 Å². The molecule has 2 heterocycles. The number of hydrogen-bond acceptors (Lipinski definition) is 4. The van der Waals surface area contributed by atoms with E-state index in [0.29, 0.717) is 24.2 Å². The zero-order valence-electron chi connectivity index (χ0n) is 18.1. The average Bonchev–Trinajstić information content (AvgIpc) is 2.88. The van der Waals surface area contributed by atoms with Gasteiger partial charge in [0.15, 0.2) is 0 Å². The van der Waals surface area contributed by atoms with Gasteiger partial charge >= 0.3 is 5.63 Å². The molecule has 0 radical (unpaired) electrons. The third-order valence-corrected chi connectivity index (χ3v) is 6.48. The second kappa shape index (κ2) is 8.23. The van der Waals surface area contributed by atoms with Gasteiger partial charge in [0.1, 0.15) is 18.1 Å². The summed E-state index contributed by atoms with van der Waals surface area (Å²) in [6, 6.07) is 32.7. The molecule has 162 valence electrons. The van der Waals surface area contributed by atoms with Gasteiger partial charge in [0.2, 0.25) is 0 Å². The summed E-state index contributed by atoms with van der Waals surface area (Å²) in [6.45, 7) is 1.94. The largest absolute Gasteiger partial charge is 0.478 e. The molecule has 0 amide bonds. The fourth-order valence-electron chi connectivity index (χ4n) is 4.85. The molecule has 4 aromatic carbocycles. The molecule has 5 aromatic rings. The topological polar surface area (TPSA) is 42.7 Å². The van der Waals surface area contributed by atoms with E-state index in [2.05, 4.69) is 53.4 Å². The highest BCUT2D eigenvalue weighted by Crippen LogP contribution is 2.36. The molecule has 0 atom stereocenters. The molecule has 4 nitrogen and oxygen atoms in total. The molecule has 0 bridgehead atoms. The summed E-state index contributed by atoms with van der Waals surface area (Å²) in [5.41, 5.74) is 3.78. The van der Waals surface area contributed by atoms with Crippen molar-refractivity contribution in [2.45, 2.75) is 12.5 Å². The van der Waals surface area contributed by atoms with Crippen molar-refractivity contribution < 1.29 is 9.15 Å². The zero-order chi connectivity index (χ0) is 22.2. The van der Waals surface area contributed by atoms with Crippen LogP contribution in [0.25, 0.3) is 21.7 Å². The van der Waals surface area contributed by atoms with Gasteiger partial charge in [0.05, 0.1) is 10.9 Å². The second-order valence-electron chi connectivity index (χ2n) is 8.51. The van der Waals surface area contributed by atoms with E-state index in [-0.39, 0.29) is 11.5 Å². The molecule has 1 aromatic heterocycles. The predicted molar refractivity (Wildman–Crippen MR) is 131 cm³/mol. The average molecular weight is 434 g/mol. The highest BCUT2D eigenvalue weighted by Gasteiger charge is 2.25. The maximum absolute atomic E-state index is 12.7. The molecule has 0 fully saturated rings. The van der Waals surface area contributed by atoms with Crippen LogP contribution in [0.2, 0.25) is 0 Å². The molecule has 0 unspecified atom stereocenters. The summed E-state index contributed by atoms with van der Waals surface area (Å²) in [4.78, 5) is 15.0. The number of nitrogens with zero attached hydrogens (tertiary/aromatic N) is 1. The lowest BCUT2D eigenvalue weighted by Crippen LogP contribution is -2.35. The maximum Gasteiger partial charge on any atom is 0.344 e. The quantitative estimate of drug-likeness (QED) is 0.260. The first-order chi connectivity index (χ1) is 16.3. The van der Waals surface area contributed by atoms with Gasteiger partial charge in [0.25, 0.3) is 0 Å². The van der Waals surface area contributed by atoms with Gasteiger partial charge in [-0.15, -0.1) is 0 Å². The van der Waals surface area contributed by atoms with Crippen LogP contribution in [0, 0.1) is 0 Å². The summed E-state index contributed by atoms with van der Waals surface area (Å²) in [6.07, 6.45) is 0. The summed E-state index contributed by atoms with van der Waals surface area (Å²) in [7, 11) is 0. The Morgan fingerprint density at radius 3 is 2.06 bits per heavy atom. The van der Waals surface area contributed by atoms with Gasteiger partial charge in [-0.1, -0.05) is 78.9 Å². The Kier molecular flexibility index (Phi) is 4.93. The number of rotatable bonds is 4. The normalized spacial score (nSPS) is 13.8. The lowest BCUT2D eigenvalue weighted by molar-refractivity contribution is 0.0926. The molecule has 0 spiro atoms. The first-order valence-corrected chi connectivity index (χ1v) is 11.2. The number of fused-ring (bicyclic) bond motifs is 5. The van der Waals surface area contributed by atoms with Gasteiger partial charge in [-0.25, -0.2) is 4.79 Å². The minimum atomic E-state index is -0.310. The van der Waals surface area contributed by atoms with Gasteiger partial charge in [-0.2, -0.15) is 0 Å². The number of hydrogen-bond donors (Lipinski definition) is 0. The monoisotopic (exact) mass is 433 g/mol. The Bertz CT molecular complexity index is 1450. The predicted octanol–water partition coefficient (Wildman–Crippen LogP) is 5.93. The Labute approximate surface area is 191 Å². The van der Waals surface area contributed by atoms with Gasteiger partial charge < -0.3 is 9.15 Å². The van der Waals surface area contributed by atoms with Crippen molar-refractivity contribution in [2.24, 2.45) is 0 Å². The van der Waals surface area contributed by atoms with E-state index in [0.717, 1.165) is 28.6 Å². The van der Waals surface area contributed by atoms with Crippen LogP contribution >= 0.6 is 0 Å². The second-order valence-corrected chi connectivity index (χ2v) is 8.51. The summed E-state index contributed by atoms with van der Waals surface area (Å²) in [5.74, 6) is 0.994. The molecule has 6 rings (SSSR count). The Morgan fingerprint density at radius 2 is 1.36 bits per heavy atom. The lowest BCUT2D eigenvalue weighted by atomic mass is 9.90. The Balaban J connectivity index is 1.40. The smallest absolute Gasteiger partial charge is 0.344 e. The van der Waals surface area contributed by atoms with E-state index in [1.54, 1.807) is 0 Å². The van der Waals surface area contributed by atoms with Crippen molar-refractivity contribution in [3.8, 4) is 5.75 Å². The minimum Gasteiger partial charge on any atom is -0.478 e. The van der Waals surface area contributed by atoms with E-state index < -0.39 is 0 Å². The minimum absolute atomic E-state index is 0.209. The first-order valence-electron chi connectivity index (χ1n) is 11.2. The third kappa shape index (κ3) is 3.59. The first kappa shape index (κ1) is 19.8. The molecule has 0 saturated heterocycles. The van der Waals surface area contributed by atoms with Crippen LogP contribution in [0.1, 0.15) is 22.6 Å². The SMILES string of the molecule is O=c1oc2c3c(ccc2c2ccccc12)OCN(CC(c1ccccc1)c1ccccc1)C3. The third-order valence-electron chi connectivity index (χ3n) is 6.48. The van der Waals surface area contributed by atoms with E-state index in [9.17, 15) is 4.79 Å². The summed E-state index contributed by atoms with van der Waals surface area (Å²) < 4.78 is 12.0. The Hall–Kier alpha value is -3.89. The molecular weight excluding hydrogens is 410 g/mol. The van der Waals surface area contributed by atoms with E-state index in [1.165, 1.54) is 11.1 Å². The van der Waals surface area contributed by atoms with Crippen LogP contribution in [0.15, 0.2) is 106 Å². The van der Waals surface area contributed by atoms with Crippen LogP contribution in [0.3, 0.4) is 0 Å². The molecule has 0 N–H and O–H groups in total. The van der Waals surface area contributed by atoms with Crippen molar-refractivity contribution in [1.29, 1.82) is 0 Å². The summed E-state index contributed by atoms with van der Waals surface area (Å²) in [5, 5.41) is 2.46. The van der Waals surface area contributed by atoms with Crippen LogP contribution in [0.5, 0.6) is 5.75 Å². The highest BCUT2D eigenvalue weighted by atomic mass is 16.5. The summed E-state index contributed by atoms with van der Waals surface area (Å²) >= 11 is 0. The molecule has 1 aliphatic heterocycles. The Morgan fingerprint density at radius 1 is 0.727 bits per heavy atom. The van der Waals surface area contributed by atoms with Crippen molar-refractivity contribution in [3.63, 3.8) is 0 Å². The van der Waals surface area contributed by atoms with Crippen molar-refractivity contribution in [1.82, 2.24) is 4.90 Å². The van der Waals surface area contributed by atoms with Crippen LogP contribution < -0.4 is 10.4 Å². The zero-order valence-corrected chi connectivity index (χ0v) is 18.1. The fraction of sp³-hybridized carbons (Fsp3) is 0.138. The van der Waals surface area contributed by atoms with Crippen molar-refractivity contribution >= 4 is 21.7 Å². The van der Waals surface area contributed by atoms with Crippen LogP contribution in [0.4, 0.5) is 0 Å². The molecule has 0 saturated carbocycles. The van der Waals surface area contributed by atoms with E-state index in [4.69, 9.17) is 9.15 Å². The maximum atomic E-state index is 12.7. The molecule has 33 heavy (non-hydrogen) atoms. The molecule has 0 aliphatic carbocycles. The number of benzene rings is 4.